The van der Waals surface area contributed by atoms with E-state index in [0.29, 0.717) is 0 Å². The topological polar surface area (TPSA) is 64.4 Å². The van der Waals surface area contributed by atoms with Crippen molar-refractivity contribution in [1.29, 1.82) is 0 Å². The van der Waals surface area contributed by atoms with Crippen molar-refractivity contribution in [3.63, 3.8) is 0 Å². The van der Waals surface area contributed by atoms with Crippen molar-refractivity contribution < 1.29 is 14.6 Å². The summed E-state index contributed by atoms with van der Waals surface area (Å²) in [7, 11) is 1.74. The van der Waals surface area contributed by atoms with Crippen LogP contribution in [0.25, 0.3) is 11.3 Å². The van der Waals surface area contributed by atoms with Crippen LogP contribution in [0, 0.1) is 0 Å². The lowest BCUT2D eigenvalue weighted by molar-refractivity contribution is 0.0689. The molecule has 1 aliphatic rings. The molecule has 0 aliphatic carbocycles. The van der Waals surface area contributed by atoms with E-state index in [2.05, 4.69) is 18.9 Å². The van der Waals surface area contributed by atoms with Gasteiger partial charge in [0.1, 0.15) is 11.4 Å². The first kappa shape index (κ1) is 13.7. The molecule has 110 valence electrons. The molecular weight excluding hydrogens is 268 g/mol. The number of hydrogen-bond donors (Lipinski definition) is 1. The minimum Gasteiger partial charge on any atom is -0.488 e. The number of nitrogens with zero attached hydrogens (tertiary/aromatic N) is 2. The van der Waals surface area contributed by atoms with Crippen LogP contribution >= 0.6 is 0 Å². The summed E-state index contributed by atoms with van der Waals surface area (Å²) in [6.07, 6.45) is 1.99. The van der Waals surface area contributed by atoms with E-state index in [4.69, 9.17) is 9.84 Å². The fourth-order valence-corrected chi connectivity index (χ4v) is 2.64. The first-order valence-electron chi connectivity index (χ1n) is 6.95. The number of ether oxygens (including phenoxy) is 1. The molecule has 5 nitrogen and oxygen atoms in total. The number of fused-ring (bicyclic) bond motifs is 1. The van der Waals surface area contributed by atoms with Crippen LogP contribution < -0.4 is 4.74 Å². The van der Waals surface area contributed by atoms with Crippen molar-refractivity contribution in [1.82, 2.24) is 9.78 Å². The highest BCUT2D eigenvalue weighted by atomic mass is 16.5. The van der Waals surface area contributed by atoms with Gasteiger partial charge in [-0.05, 0) is 44.4 Å². The van der Waals surface area contributed by atoms with Crippen molar-refractivity contribution in [2.75, 3.05) is 0 Å². The number of aryl methyl sites for hydroxylation is 2. The number of rotatable bonds is 2. The zero-order chi connectivity index (χ0) is 15.2. The molecule has 0 saturated carbocycles. The second-order valence-electron chi connectivity index (χ2n) is 6.03. The van der Waals surface area contributed by atoms with Crippen LogP contribution in [-0.4, -0.2) is 26.5 Å². The van der Waals surface area contributed by atoms with E-state index in [1.807, 2.05) is 18.2 Å². The number of aromatic carboxylic acids is 1. The van der Waals surface area contributed by atoms with Gasteiger partial charge in [-0.25, -0.2) is 4.79 Å². The lowest BCUT2D eigenvalue weighted by Gasteiger charge is -2.32. The molecule has 3 rings (SSSR count). The standard InChI is InChI=1S/C16H18N2O3/c1-16(2)7-6-10-4-5-11(8-14(10)21-16)13-9-12(15(19)20)17-18(13)3/h4-5,8-9H,6-7H2,1-3H3,(H,19,20). The van der Waals surface area contributed by atoms with Crippen molar-refractivity contribution in [3.05, 3.63) is 35.5 Å². The quantitative estimate of drug-likeness (QED) is 0.922. The van der Waals surface area contributed by atoms with Crippen LogP contribution in [0.3, 0.4) is 0 Å². The van der Waals surface area contributed by atoms with E-state index in [9.17, 15) is 4.79 Å². The molecule has 0 atom stereocenters. The molecule has 0 spiro atoms. The maximum Gasteiger partial charge on any atom is 0.356 e. The maximum atomic E-state index is 11.0. The van der Waals surface area contributed by atoms with E-state index in [1.165, 1.54) is 5.56 Å². The Bertz CT molecular complexity index is 716. The molecule has 21 heavy (non-hydrogen) atoms. The van der Waals surface area contributed by atoms with Gasteiger partial charge in [0.2, 0.25) is 0 Å². The summed E-state index contributed by atoms with van der Waals surface area (Å²) in [5.74, 6) is -0.144. The predicted octanol–water partition coefficient (Wildman–Crippen LogP) is 2.89. The normalized spacial score (nSPS) is 16.1. The van der Waals surface area contributed by atoms with Gasteiger partial charge in [-0.3, -0.25) is 4.68 Å². The number of carboxylic acid groups (broad SMARTS) is 1. The number of carboxylic acids is 1. The molecule has 1 aromatic heterocycles. The highest BCUT2D eigenvalue weighted by molar-refractivity contribution is 5.87. The largest absolute Gasteiger partial charge is 0.488 e. The summed E-state index contributed by atoms with van der Waals surface area (Å²) >= 11 is 0. The van der Waals surface area contributed by atoms with Gasteiger partial charge < -0.3 is 9.84 Å². The second kappa shape index (κ2) is 4.62. The molecular formula is C16H18N2O3. The Kier molecular flexibility index (Phi) is 3.01. The average Bonchev–Trinajstić information content (AvgIpc) is 2.79. The molecule has 1 N–H and O–H groups in total. The fraction of sp³-hybridized carbons (Fsp3) is 0.375. The minimum absolute atomic E-state index is 0.0477. The summed E-state index contributed by atoms with van der Waals surface area (Å²) in [4.78, 5) is 11.0. The van der Waals surface area contributed by atoms with Crippen LogP contribution in [0.2, 0.25) is 0 Å². The van der Waals surface area contributed by atoms with Crippen LogP contribution in [0.1, 0.15) is 36.3 Å². The maximum absolute atomic E-state index is 11.0. The Hall–Kier alpha value is -2.30. The van der Waals surface area contributed by atoms with Crippen molar-refractivity contribution in [2.45, 2.75) is 32.3 Å². The highest BCUT2D eigenvalue weighted by Gasteiger charge is 2.27. The van der Waals surface area contributed by atoms with Crippen LogP contribution in [0.15, 0.2) is 24.3 Å². The molecule has 0 unspecified atom stereocenters. The summed E-state index contributed by atoms with van der Waals surface area (Å²) in [6, 6.07) is 7.59. The van der Waals surface area contributed by atoms with Crippen molar-refractivity contribution in [3.8, 4) is 17.0 Å². The summed E-state index contributed by atoms with van der Waals surface area (Å²) in [5.41, 5.74) is 2.76. The average molecular weight is 286 g/mol. The number of carbonyl (C=O) groups is 1. The molecule has 2 aromatic rings. The highest BCUT2D eigenvalue weighted by Crippen LogP contribution is 2.36. The number of aromatic nitrogens is 2. The summed E-state index contributed by atoms with van der Waals surface area (Å²) in [5, 5.41) is 13.0. The van der Waals surface area contributed by atoms with Gasteiger partial charge in [0.25, 0.3) is 0 Å². The minimum atomic E-state index is -1.02. The van der Waals surface area contributed by atoms with E-state index >= 15 is 0 Å². The van der Waals surface area contributed by atoms with Gasteiger partial charge in [-0.15, -0.1) is 0 Å². The van der Waals surface area contributed by atoms with Crippen LogP contribution in [0.5, 0.6) is 5.75 Å². The Labute approximate surface area is 123 Å². The molecule has 1 aliphatic heterocycles. The van der Waals surface area contributed by atoms with Gasteiger partial charge >= 0.3 is 5.97 Å². The predicted molar refractivity (Wildman–Crippen MR) is 78.6 cm³/mol. The monoisotopic (exact) mass is 286 g/mol. The third kappa shape index (κ3) is 2.51. The third-order valence-electron chi connectivity index (χ3n) is 3.84. The van der Waals surface area contributed by atoms with Gasteiger partial charge in [0.15, 0.2) is 5.69 Å². The summed E-state index contributed by atoms with van der Waals surface area (Å²) in [6.45, 7) is 4.16. The first-order valence-corrected chi connectivity index (χ1v) is 6.95. The molecule has 0 radical (unpaired) electrons. The fourth-order valence-electron chi connectivity index (χ4n) is 2.64. The Morgan fingerprint density at radius 2 is 2.14 bits per heavy atom. The second-order valence-corrected chi connectivity index (χ2v) is 6.03. The molecule has 0 bridgehead atoms. The van der Waals surface area contributed by atoms with Crippen molar-refractivity contribution in [2.24, 2.45) is 7.05 Å². The molecule has 0 fully saturated rings. The van der Waals surface area contributed by atoms with Crippen LogP contribution in [-0.2, 0) is 13.5 Å². The third-order valence-corrected chi connectivity index (χ3v) is 3.84. The van der Waals surface area contributed by atoms with E-state index in [1.54, 1.807) is 17.8 Å². The molecule has 0 amide bonds. The van der Waals surface area contributed by atoms with Crippen LogP contribution in [0.4, 0.5) is 0 Å². The van der Waals surface area contributed by atoms with Gasteiger partial charge in [0, 0.05) is 12.6 Å². The lowest BCUT2D eigenvalue weighted by atomic mass is 9.93. The smallest absolute Gasteiger partial charge is 0.356 e. The molecule has 0 saturated heterocycles. The van der Waals surface area contributed by atoms with E-state index in [0.717, 1.165) is 29.8 Å². The zero-order valence-corrected chi connectivity index (χ0v) is 12.4. The van der Waals surface area contributed by atoms with Gasteiger partial charge in [-0.1, -0.05) is 12.1 Å². The molecule has 5 heteroatoms. The Morgan fingerprint density at radius 1 is 1.38 bits per heavy atom. The SMILES string of the molecule is Cn1nc(C(=O)O)cc1-c1ccc2c(c1)OC(C)(C)CC2. The van der Waals surface area contributed by atoms with Gasteiger partial charge in [-0.2, -0.15) is 5.10 Å². The molecule has 2 heterocycles. The first-order chi connectivity index (χ1) is 9.85. The van der Waals surface area contributed by atoms with E-state index in [-0.39, 0.29) is 11.3 Å². The van der Waals surface area contributed by atoms with Crippen molar-refractivity contribution >= 4 is 5.97 Å². The Balaban J connectivity index is 2.03. The number of benzene rings is 1. The lowest BCUT2D eigenvalue weighted by Crippen LogP contribution is -2.32. The van der Waals surface area contributed by atoms with E-state index < -0.39 is 5.97 Å². The molecule has 1 aromatic carbocycles. The number of hydrogen-bond acceptors (Lipinski definition) is 3. The summed E-state index contributed by atoms with van der Waals surface area (Å²) < 4.78 is 7.61. The Morgan fingerprint density at radius 3 is 2.81 bits per heavy atom. The van der Waals surface area contributed by atoms with Gasteiger partial charge in [0.05, 0.1) is 5.69 Å². The zero-order valence-electron chi connectivity index (χ0n) is 12.4.